The number of aromatic carboxylic acids is 1. The first-order valence-corrected chi connectivity index (χ1v) is 6.58. The van der Waals surface area contributed by atoms with Crippen LogP contribution in [0.25, 0.3) is 0 Å². The summed E-state index contributed by atoms with van der Waals surface area (Å²) in [6, 6.07) is 4.82. The molecule has 1 rings (SSSR count). The number of amides is 1. The van der Waals surface area contributed by atoms with E-state index in [1.165, 1.54) is 32.2 Å². The molecule has 0 aliphatic carbocycles. The normalized spacial score (nSPS) is 10.7. The Morgan fingerprint density at radius 2 is 1.90 bits per heavy atom. The molecule has 0 aliphatic rings. The van der Waals surface area contributed by atoms with Crippen LogP contribution in [0.15, 0.2) is 24.3 Å². The molecule has 0 aliphatic heterocycles. The number of nitrogens with one attached hydrogen (secondary N) is 1. The summed E-state index contributed by atoms with van der Waals surface area (Å²) >= 11 is 3.93. The first-order valence-electron chi connectivity index (χ1n) is 5.95. The quantitative estimate of drug-likeness (QED) is 0.353. The van der Waals surface area contributed by atoms with Gasteiger partial charge in [0, 0.05) is 12.7 Å². The zero-order valence-corrected chi connectivity index (χ0v) is 12.6. The minimum atomic E-state index is -1.20. The number of carbonyl (C=O) groups excluding carboxylic acids is 2. The molecule has 21 heavy (non-hydrogen) atoms. The molecule has 0 fully saturated rings. The third-order valence-electron chi connectivity index (χ3n) is 2.17. The van der Waals surface area contributed by atoms with Crippen LogP contribution >= 0.6 is 12.6 Å². The van der Waals surface area contributed by atoms with E-state index < -0.39 is 23.9 Å². The molecule has 0 heterocycles. The number of para-hydroxylation sites is 1. The Bertz CT molecular complexity index is 507. The average molecular weight is 314 g/mol. The maximum absolute atomic E-state index is 11.8. The molecule has 1 aromatic carbocycles. The van der Waals surface area contributed by atoms with E-state index in [1.54, 1.807) is 6.07 Å². The first-order chi connectivity index (χ1) is 9.95. The minimum Gasteiger partial charge on any atom is -0.478 e. The van der Waals surface area contributed by atoms with Crippen molar-refractivity contribution in [1.82, 2.24) is 5.32 Å². The predicted molar refractivity (Wildman–Crippen MR) is 80.6 cm³/mol. The summed E-state index contributed by atoms with van der Waals surface area (Å²) in [6.07, 6.45) is 0. The van der Waals surface area contributed by atoms with Crippen LogP contribution in [0.5, 0.6) is 5.75 Å². The van der Waals surface area contributed by atoms with Crippen LogP contribution in [-0.2, 0) is 9.59 Å². The lowest BCUT2D eigenvalue weighted by Crippen LogP contribution is -2.43. The third kappa shape index (κ3) is 6.28. The molecule has 0 bridgehead atoms. The van der Waals surface area contributed by atoms with Gasteiger partial charge in [-0.05, 0) is 19.2 Å². The lowest BCUT2D eigenvalue weighted by molar-refractivity contribution is -0.138. The van der Waals surface area contributed by atoms with Crippen LogP contribution in [-0.4, -0.2) is 41.8 Å². The van der Waals surface area contributed by atoms with Gasteiger partial charge in [-0.1, -0.05) is 12.1 Å². The molecule has 4 N–H and O–H groups in total. The largest absolute Gasteiger partial charge is 0.478 e. The van der Waals surface area contributed by atoms with Gasteiger partial charge in [-0.2, -0.15) is 12.6 Å². The Morgan fingerprint density at radius 3 is 2.38 bits per heavy atom. The number of carboxylic acids is 1. The van der Waals surface area contributed by atoms with E-state index in [9.17, 15) is 14.4 Å². The van der Waals surface area contributed by atoms with Crippen molar-refractivity contribution in [2.75, 3.05) is 12.8 Å². The summed E-state index contributed by atoms with van der Waals surface area (Å²) < 4.78 is 4.98. The molecule has 0 radical (unpaired) electrons. The fraction of sp³-hybridized carbons (Fsp3) is 0.308. The molecule has 116 valence electrons. The number of carbonyl (C=O) groups is 3. The van der Waals surface area contributed by atoms with Crippen molar-refractivity contribution >= 4 is 30.5 Å². The van der Waals surface area contributed by atoms with Gasteiger partial charge in [0.05, 0.1) is 0 Å². The fourth-order valence-corrected chi connectivity index (χ4v) is 1.58. The fourth-order valence-electron chi connectivity index (χ4n) is 1.34. The van der Waals surface area contributed by atoms with Gasteiger partial charge >= 0.3 is 11.9 Å². The molecule has 1 aromatic rings. The van der Waals surface area contributed by atoms with Gasteiger partial charge in [0.25, 0.3) is 0 Å². The zero-order valence-electron chi connectivity index (χ0n) is 11.7. The molecule has 0 saturated carbocycles. The Morgan fingerprint density at radius 1 is 1.33 bits per heavy atom. The standard InChI is InChI=1S/C12H13NO5S.CH5N/c1-7(14)13-9(6-19)12(17)18-10-5-3-2-4-8(10)11(15)16;1-2/h2-5,9,19H,6H2,1H3,(H,13,14)(H,15,16);2H2,1H3. The van der Waals surface area contributed by atoms with Crippen molar-refractivity contribution < 1.29 is 24.2 Å². The number of esters is 1. The summed E-state index contributed by atoms with van der Waals surface area (Å²) in [5.74, 6) is -2.39. The van der Waals surface area contributed by atoms with Crippen LogP contribution in [0.3, 0.4) is 0 Å². The van der Waals surface area contributed by atoms with Crippen molar-refractivity contribution in [1.29, 1.82) is 0 Å². The first kappa shape index (κ1) is 18.9. The van der Waals surface area contributed by atoms with E-state index in [0.717, 1.165) is 0 Å². The van der Waals surface area contributed by atoms with Gasteiger partial charge in [0.2, 0.25) is 5.91 Å². The minimum absolute atomic E-state index is 0.0493. The highest BCUT2D eigenvalue weighted by atomic mass is 32.1. The van der Waals surface area contributed by atoms with Gasteiger partial charge in [-0.15, -0.1) is 0 Å². The maximum Gasteiger partial charge on any atom is 0.339 e. The summed E-state index contributed by atoms with van der Waals surface area (Å²) in [6.45, 7) is 1.26. The van der Waals surface area contributed by atoms with Crippen molar-refractivity contribution in [3.63, 3.8) is 0 Å². The van der Waals surface area contributed by atoms with Crippen molar-refractivity contribution in [3.05, 3.63) is 29.8 Å². The number of hydrogen-bond acceptors (Lipinski definition) is 6. The van der Waals surface area contributed by atoms with E-state index in [1.807, 2.05) is 0 Å². The predicted octanol–water partition coefficient (Wildman–Crippen LogP) is 0.300. The Kier molecular flexibility index (Phi) is 8.82. The number of benzene rings is 1. The molecule has 8 heteroatoms. The Hall–Kier alpha value is -2.06. The summed E-state index contributed by atoms with van der Waals surface area (Å²) in [5, 5.41) is 11.3. The topological polar surface area (TPSA) is 119 Å². The van der Waals surface area contributed by atoms with Crippen molar-refractivity contribution in [2.24, 2.45) is 5.73 Å². The average Bonchev–Trinajstić information content (AvgIpc) is 2.46. The highest BCUT2D eigenvalue weighted by Gasteiger charge is 2.22. The molecule has 7 nitrogen and oxygen atoms in total. The molecular weight excluding hydrogens is 296 g/mol. The van der Waals surface area contributed by atoms with E-state index in [-0.39, 0.29) is 17.1 Å². The van der Waals surface area contributed by atoms with Crippen LogP contribution in [0, 0.1) is 0 Å². The molecule has 1 unspecified atom stereocenters. The number of carboxylic acid groups (broad SMARTS) is 1. The van der Waals surface area contributed by atoms with Crippen molar-refractivity contribution in [3.8, 4) is 5.75 Å². The maximum atomic E-state index is 11.8. The van der Waals surface area contributed by atoms with Crippen LogP contribution in [0.1, 0.15) is 17.3 Å². The molecular formula is C13H18N2O5S. The van der Waals surface area contributed by atoms with Crippen molar-refractivity contribution in [2.45, 2.75) is 13.0 Å². The molecule has 0 spiro atoms. The highest BCUT2D eigenvalue weighted by Crippen LogP contribution is 2.18. The smallest absolute Gasteiger partial charge is 0.339 e. The number of rotatable bonds is 5. The molecule has 0 saturated heterocycles. The number of thiol groups is 1. The second kappa shape index (κ2) is 9.78. The van der Waals surface area contributed by atoms with Gasteiger partial charge in [0.1, 0.15) is 17.4 Å². The van der Waals surface area contributed by atoms with E-state index in [4.69, 9.17) is 9.84 Å². The second-order valence-electron chi connectivity index (χ2n) is 3.66. The van der Waals surface area contributed by atoms with E-state index in [2.05, 4.69) is 23.7 Å². The Balaban J connectivity index is 0.00000191. The molecule has 1 atom stereocenters. The number of ether oxygens (including phenoxy) is 1. The third-order valence-corrected chi connectivity index (χ3v) is 2.54. The molecule has 1 amide bonds. The molecule has 0 aromatic heterocycles. The Labute approximate surface area is 127 Å². The summed E-state index contributed by atoms with van der Waals surface area (Å²) in [7, 11) is 1.50. The van der Waals surface area contributed by atoms with Gasteiger partial charge in [-0.3, -0.25) is 4.79 Å². The SMILES string of the molecule is CC(=O)NC(CS)C(=O)Oc1ccccc1C(=O)O.CN. The van der Waals surface area contributed by atoms with Gasteiger partial charge in [-0.25, -0.2) is 9.59 Å². The van der Waals surface area contributed by atoms with Gasteiger partial charge < -0.3 is 20.9 Å². The van der Waals surface area contributed by atoms with Crippen LogP contribution in [0.2, 0.25) is 0 Å². The summed E-state index contributed by atoms with van der Waals surface area (Å²) in [4.78, 5) is 33.6. The lowest BCUT2D eigenvalue weighted by atomic mass is 10.2. The monoisotopic (exact) mass is 314 g/mol. The zero-order chi connectivity index (χ0) is 16.4. The summed E-state index contributed by atoms with van der Waals surface area (Å²) in [5.41, 5.74) is 4.37. The van der Waals surface area contributed by atoms with Crippen LogP contribution in [0.4, 0.5) is 0 Å². The van der Waals surface area contributed by atoms with Gasteiger partial charge in [0.15, 0.2) is 0 Å². The van der Waals surface area contributed by atoms with Crippen LogP contribution < -0.4 is 15.8 Å². The number of hydrogen-bond donors (Lipinski definition) is 4. The second-order valence-corrected chi connectivity index (χ2v) is 4.02. The van der Waals surface area contributed by atoms with E-state index in [0.29, 0.717) is 0 Å². The number of nitrogens with two attached hydrogens (primary N) is 1. The lowest BCUT2D eigenvalue weighted by Gasteiger charge is -2.15. The van der Waals surface area contributed by atoms with E-state index >= 15 is 0 Å². The highest BCUT2D eigenvalue weighted by molar-refractivity contribution is 7.80.